The molecule has 2 unspecified atom stereocenters. The largest absolute Gasteiger partial charge is 0.316 e. The van der Waals surface area contributed by atoms with Gasteiger partial charge in [0, 0.05) is 0 Å². The summed E-state index contributed by atoms with van der Waals surface area (Å²) in [5.74, 6) is 1.92. The van der Waals surface area contributed by atoms with E-state index >= 15 is 0 Å². The van der Waals surface area contributed by atoms with Crippen molar-refractivity contribution in [3.8, 4) is 0 Å². The molecule has 0 radical (unpaired) electrons. The minimum atomic E-state index is 0. The number of rotatable bonds is 3. The van der Waals surface area contributed by atoms with Crippen LogP contribution >= 0.6 is 12.4 Å². The van der Waals surface area contributed by atoms with Crippen LogP contribution in [0.25, 0.3) is 0 Å². The highest BCUT2D eigenvalue weighted by molar-refractivity contribution is 5.85. The number of hydrogen-bond acceptors (Lipinski definition) is 1. The van der Waals surface area contributed by atoms with Gasteiger partial charge in [-0.05, 0) is 37.8 Å². The van der Waals surface area contributed by atoms with E-state index in [1.165, 1.54) is 32.4 Å². The Hall–Kier alpha value is 0.250. The summed E-state index contributed by atoms with van der Waals surface area (Å²) in [6.07, 6.45) is 4.18. The van der Waals surface area contributed by atoms with Crippen molar-refractivity contribution in [2.24, 2.45) is 11.8 Å². The summed E-state index contributed by atoms with van der Waals surface area (Å²) >= 11 is 0. The maximum atomic E-state index is 3.40. The Morgan fingerprint density at radius 3 is 2.73 bits per heavy atom. The lowest BCUT2D eigenvalue weighted by molar-refractivity contribution is 0.405. The Morgan fingerprint density at radius 2 is 2.27 bits per heavy atom. The molecule has 1 saturated heterocycles. The van der Waals surface area contributed by atoms with Gasteiger partial charge in [-0.3, -0.25) is 0 Å². The third-order valence-electron chi connectivity index (χ3n) is 2.60. The van der Waals surface area contributed by atoms with E-state index in [0.29, 0.717) is 0 Å². The second-order valence-electron chi connectivity index (χ2n) is 3.61. The number of halogens is 1. The molecular weight excluding hydrogens is 158 g/mol. The van der Waals surface area contributed by atoms with Gasteiger partial charge in [0.15, 0.2) is 0 Å². The van der Waals surface area contributed by atoms with Crippen LogP contribution in [0.15, 0.2) is 0 Å². The van der Waals surface area contributed by atoms with E-state index < -0.39 is 0 Å². The van der Waals surface area contributed by atoms with Gasteiger partial charge >= 0.3 is 0 Å². The molecule has 1 heterocycles. The molecule has 68 valence electrons. The fourth-order valence-corrected chi connectivity index (χ4v) is 1.65. The quantitative estimate of drug-likeness (QED) is 0.699. The molecule has 0 bridgehead atoms. The van der Waals surface area contributed by atoms with Crippen molar-refractivity contribution in [3.63, 3.8) is 0 Å². The second-order valence-corrected chi connectivity index (χ2v) is 3.61. The molecule has 1 N–H and O–H groups in total. The lowest BCUT2D eigenvalue weighted by Crippen LogP contribution is -2.11. The van der Waals surface area contributed by atoms with E-state index in [4.69, 9.17) is 0 Å². The van der Waals surface area contributed by atoms with E-state index in [-0.39, 0.29) is 12.4 Å². The van der Waals surface area contributed by atoms with Gasteiger partial charge in [-0.2, -0.15) is 0 Å². The molecule has 1 fully saturated rings. The highest BCUT2D eigenvalue weighted by Gasteiger charge is 2.15. The summed E-state index contributed by atoms with van der Waals surface area (Å²) in [5, 5.41) is 3.40. The molecule has 0 aromatic carbocycles. The van der Waals surface area contributed by atoms with Gasteiger partial charge in [0.25, 0.3) is 0 Å². The van der Waals surface area contributed by atoms with E-state index in [1.807, 2.05) is 0 Å². The van der Waals surface area contributed by atoms with Crippen LogP contribution in [0.4, 0.5) is 0 Å². The van der Waals surface area contributed by atoms with Crippen LogP contribution in [0.5, 0.6) is 0 Å². The summed E-state index contributed by atoms with van der Waals surface area (Å²) < 4.78 is 0. The molecule has 0 aromatic heterocycles. The van der Waals surface area contributed by atoms with E-state index in [0.717, 1.165) is 11.8 Å². The van der Waals surface area contributed by atoms with Crippen LogP contribution in [0, 0.1) is 11.8 Å². The molecule has 1 aliphatic heterocycles. The predicted octanol–water partition coefficient (Wildman–Crippen LogP) is 2.45. The molecule has 2 heteroatoms. The standard InChI is InChI=1S/C9H19N.ClH/c1-3-8(2)6-9-4-5-10-7-9;/h8-10H,3-7H2,1-2H3;1H. The second kappa shape index (κ2) is 5.84. The van der Waals surface area contributed by atoms with E-state index in [2.05, 4.69) is 19.2 Å². The molecule has 1 aliphatic rings. The van der Waals surface area contributed by atoms with Crippen LogP contribution in [0.1, 0.15) is 33.1 Å². The molecule has 0 aliphatic carbocycles. The summed E-state index contributed by atoms with van der Waals surface area (Å²) in [4.78, 5) is 0. The zero-order valence-electron chi connectivity index (χ0n) is 7.60. The fraction of sp³-hybridized carbons (Fsp3) is 1.00. The zero-order chi connectivity index (χ0) is 7.40. The van der Waals surface area contributed by atoms with Crippen molar-refractivity contribution in [2.75, 3.05) is 13.1 Å². The fourth-order valence-electron chi connectivity index (χ4n) is 1.65. The summed E-state index contributed by atoms with van der Waals surface area (Å²) in [6.45, 7) is 7.16. The summed E-state index contributed by atoms with van der Waals surface area (Å²) in [7, 11) is 0. The van der Waals surface area contributed by atoms with Gasteiger partial charge in [-0.25, -0.2) is 0 Å². The molecule has 0 aromatic rings. The maximum absolute atomic E-state index is 3.40. The minimum absolute atomic E-state index is 0. The van der Waals surface area contributed by atoms with Gasteiger partial charge in [-0.15, -0.1) is 12.4 Å². The van der Waals surface area contributed by atoms with E-state index in [9.17, 15) is 0 Å². The first kappa shape index (κ1) is 11.2. The smallest absolute Gasteiger partial charge is 0.00199 e. The Labute approximate surface area is 76.4 Å². The third-order valence-corrected chi connectivity index (χ3v) is 2.60. The highest BCUT2D eigenvalue weighted by Crippen LogP contribution is 2.19. The highest BCUT2D eigenvalue weighted by atomic mass is 35.5. The average molecular weight is 178 g/mol. The van der Waals surface area contributed by atoms with Crippen LogP contribution < -0.4 is 5.32 Å². The monoisotopic (exact) mass is 177 g/mol. The topological polar surface area (TPSA) is 12.0 Å². The molecule has 0 saturated carbocycles. The van der Waals surface area contributed by atoms with Crippen molar-refractivity contribution < 1.29 is 0 Å². The molecule has 11 heavy (non-hydrogen) atoms. The van der Waals surface area contributed by atoms with Crippen LogP contribution in [0.2, 0.25) is 0 Å². The van der Waals surface area contributed by atoms with Crippen molar-refractivity contribution >= 4 is 12.4 Å². The first-order valence-electron chi connectivity index (χ1n) is 4.53. The zero-order valence-corrected chi connectivity index (χ0v) is 8.41. The Bertz CT molecular complexity index is 89.6. The first-order valence-corrected chi connectivity index (χ1v) is 4.53. The van der Waals surface area contributed by atoms with Crippen LogP contribution in [-0.2, 0) is 0 Å². The van der Waals surface area contributed by atoms with Crippen LogP contribution in [0.3, 0.4) is 0 Å². The minimum Gasteiger partial charge on any atom is -0.316 e. The Balaban J connectivity index is 0.000001000. The summed E-state index contributed by atoms with van der Waals surface area (Å²) in [5.41, 5.74) is 0. The van der Waals surface area contributed by atoms with Crippen molar-refractivity contribution in [2.45, 2.75) is 33.1 Å². The molecule has 1 rings (SSSR count). The molecule has 2 atom stereocenters. The maximum Gasteiger partial charge on any atom is -0.00199 e. The van der Waals surface area contributed by atoms with Gasteiger partial charge in [0.1, 0.15) is 0 Å². The SMILES string of the molecule is CCC(C)CC1CCNC1.Cl. The summed E-state index contributed by atoms with van der Waals surface area (Å²) in [6, 6.07) is 0. The van der Waals surface area contributed by atoms with Crippen molar-refractivity contribution in [1.29, 1.82) is 0 Å². The average Bonchev–Trinajstić information content (AvgIpc) is 2.40. The molecular formula is C9H20ClN. The predicted molar refractivity (Wildman–Crippen MR) is 52.3 cm³/mol. The Morgan fingerprint density at radius 1 is 1.55 bits per heavy atom. The lowest BCUT2D eigenvalue weighted by Gasteiger charge is -2.12. The van der Waals surface area contributed by atoms with Crippen molar-refractivity contribution in [1.82, 2.24) is 5.32 Å². The molecule has 0 amide bonds. The first-order chi connectivity index (χ1) is 4.83. The Kier molecular flexibility index (Phi) is 5.98. The third kappa shape index (κ3) is 3.97. The van der Waals surface area contributed by atoms with E-state index in [1.54, 1.807) is 0 Å². The molecule has 1 nitrogen and oxygen atoms in total. The van der Waals surface area contributed by atoms with Gasteiger partial charge in [0.2, 0.25) is 0 Å². The van der Waals surface area contributed by atoms with Gasteiger partial charge < -0.3 is 5.32 Å². The van der Waals surface area contributed by atoms with Gasteiger partial charge in [-0.1, -0.05) is 20.3 Å². The normalized spacial score (nSPS) is 26.2. The van der Waals surface area contributed by atoms with Gasteiger partial charge in [0.05, 0.1) is 0 Å². The molecule has 0 spiro atoms. The lowest BCUT2D eigenvalue weighted by atomic mass is 9.94. The van der Waals surface area contributed by atoms with Crippen molar-refractivity contribution in [3.05, 3.63) is 0 Å². The number of hydrogen-bond donors (Lipinski definition) is 1. The number of nitrogens with one attached hydrogen (secondary N) is 1. The van der Waals surface area contributed by atoms with Crippen LogP contribution in [-0.4, -0.2) is 13.1 Å².